The summed E-state index contributed by atoms with van der Waals surface area (Å²) in [6, 6.07) is 15.3. The van der Waals surface area contributed by atoms with E-state index in [0.29, 0.717) is 25.4 Å². The maximum Gasteiger partial charge on any atom is 0.389 e. The molecule has 0 amide bonds. The van der Waals surface area contributed by atoms with Crippen molar-refractivity contribution in [3.8, 4) is 23.3 Å². The van der Waals surface area contributed by atoms with Gasteiger partial charge in [-0.3, -0.25) is 4.79 Å². The highest BCUT2D eigenvalue weighted by atomic mass is 19.4. The Bertz CT molecular complexity index is 990. The Morgan fingerprint density at radius 1 is 0.892 bits per heavy atom. The third-order valence-electron chi connectivity index (χ3n) is 5.92. The van der Waals surface area contributed by atoms with E-state index in [0.717, 1.165) is 49.8 Å². The molecule has 0 spiro atoms. The number of carboxylic acids is 1. The first-order chi connectivity index (χ1) is 17.8. The van der Waals surface area contributed by atoms with E-state index in [9.17, 15) is 18.0 Å². The number of rotatable bonds is 17. The number of benzene rings is 2. The van der Waals surface area contributed by atoms with Crippen LogP contribution in [0.15, 0.2) is 48.5 Å². The quantitative estimate of drug-likeness (QED) is 0.171. The average Bonchev–Trinajstić information content (AvgIpc) is 2.85. The van der Waals surface area contributed by atoms with Crippen molar-refractivity contribution < 1.29 is 32.5 Å². The summed E-state index contributed by atoms with van der Waals surface area (Å²) < 4.78 is 48.0. The number of hydrogen-bond donors (Lipinski definition) is 1. The molecule has 0 heterocycles. The third kappa shape index (κ3) is 13.7. The molecule has 0 radical (unpaired) electrons. The van der Waals surface area contributed by atoms with Crippen LogP contribution in [-0.2, 0) is 11.2 Å². The number of aryl methyl sites for hydroxylation is 1. The van der Waals surface area contributed by atoms with Gasteiger partial charge in [-0.2, -0.15) is 13.2 Å². The molecule has 0 saturated carbocycles. The van der Waals surface area contributed by atoms with Crippen molar-refractivity contribution in [1.82, 2.24) is 0 Å². The van der Waals surface area contributed by atoms with Gasteiger partial charge in [-0.1, -0.05) is 62.3 Å². The largest absolute Gasteiger partial charge is 0.490 e. The van der Waals surface area contributed by atoms with Crippen LogP contribution in [0.5, 0.6) is 11.5 Å². The van der Waals surface area contributed by atoms with Crippen molar-refractivity contribution in [2.75, 3.05) is 13.2 Å². The lowest BCUT2D eigenvalue weighted by Gasteiger charge is -2.12. The van der Waals surface area contributed by atoms with Crippen LogP contribution in [0.2, 0.25) is 0 Å². The van der Waals surface area contributed by atoms with Gasteiger partial charge in [0.2, 0.25) is 0 Å². The fourth-order valence-corrected chi connectivity index (χ4v) is 4.05. The summed E-state index contributed by atoms with van der Waals surface area (Å²) in [5.74, 6) is 5.96. The molecule has 0 saturated heterocycles. The molecule has 7 heteroatoms. The molecule has 0 fully saturated rings. The second-order valence-electron chi connectivity index (χ2n) is 9.05. The molecule has 1 unspecified atom stereocenters. The zero-order valence-corrected chi connectivity index (χ0v) is 21.5. The van der Waals surface area contributed by atoms with Crippen molar-refractivity contribution in [3.05, 3.63) is 59.7 Å². The van der Waals surface area contributed by atoms with Crippen LogP contribution >= 0.6 is 0 Å². The minimum absolute atomic E-state index is 0.0394. The van der Waals surface area contributed by atoms with Crippen LogP contribution in [0.1, 0.15) is 81.8 Å². The monoisotopic (exact) mass is 518 g/mol. The van der Waals surface area contributed by atoms with Crippen LogP contribution in [0.3, 0.4) is 0 Å². The molecule has 0 bridgehead atoms. The topological polar surface area (TPSA) is 55.8 Å². The minimum atomic E-state index is -4.03. The van der Waals surface area contributed by atoms with Gasteiger partial charge in [-0.25, -0.2) is 0 Å². The molecule has 0 aliphatic heterocycles. The molecule has 2 rings (SSSR count). The Balaban J connectivity index is 1.62. The van der Waals surface area contributed by atoms with Gasteiger partial charge in [0.25, 0.3) is 0 Å². The summed E-state index contributed by atoms with van der Waals surface area (Å²) in [4.78, 5) is 11.0. The van der Waals surface area contributed by atoms with E-state index in [-0.39, 0.29) is 18.8 Å². The summed E-state index contributed by atoms with van der Waals surface area (Å²) in [5, 5.41) is 9.06. The molecule has 0 aliphatic carbocycles. The fraction of sp³-hybridized carbons (Fsp3) is 0.500. The summed E-state index contributed by atoms with van der Waals surface area (Å²) in [6.07, 6.45) is 2.10. The maximum atomic E-state index is 12.1. The van der Waals surface area contributed by atoms with Gasteiger partial charge < -0.3 is 14.6 Å². The molecule has 1 N–H and O–H groups in total. The summed E-state index contributed by atoms with van der Waals surface area (Å²) in [5.41, 5.74) is 2.04. The summed E-state index contributed by atoms with van der Waals surface area (Å²) >= 11 is 0. The molecule has 0 aliphatic rings. The predicted octanol–water partition coefficient (Wildman–Crippen LogP) is 7.95. The fourth-order valence-electron chi connectivity index (χ4n) is 4.05. The second kappa shape index (κ2) is 16.6. The lowest BCUT2D eigenvalue weighted by atomic mass is 9.96. The zero-order valence-electron chi connectivity index (χ0n) is 21.5. The number of carboxylic acid groups (broad SMARTS) is 1. The lowest BCUT2D eigenvalue weighted by molar-refractivity contribution is -0.137. The predicted molar refractivity (Wildman–Crippen MR) is 139 cm³/mol. The number of hydrogen-bond acceptors (Lipinski definition) is 3. The van der Waals surface area contributed by atoms with Crippen molar-refractivity contribution in [1.29, 1.82) is 0 Å². The maximum absolute atomic E-state index is 12.1. The van der Waals surface area contributed by atoms with Gasteiger partial charge in [0.05, 0.1) is 12.3 Å². The van der Waals surface area contributed by atoms with Crippen LogP contribution < -0.4 is 9.47 Å². The molecular formula is C30H37F3O4. The molecule has 202 valence electrons. The van der Waals surface area contributed by atoms with E-state index in [1.54, 1.807) is 6.92 Å². The first kappa shape index (κ1) is 30.1. The first-order valence-corrected chi connectivity index (χ1v) is 12.9. The van der Waals surface area contributed by atoms with Gasteiger partial charge in [0, 0.05) is 6.42 Å². The average molecular weight is 519 g/mol. The van der Waals surface area contributed by atoms with Crippen molar-refractivity contribution in [3.63, 3.8) is 0 Å². The molecule has 2 aromatic rings. The van der Waals surface area contributed by atoms with Crippen molar-refractivity contribution in [2.45, 2.75) is 83.2 Å². The highest BCUT2D eigenvalue weighted by Gasteiger charge is 2.25. The Kier molecular flexibility index (Phi) is 13.5. The van der Waals surface area contributed by atoms with Crippen molar-refractivity contribution >= 4 is 5.97 Å². The highest BCUT2D eigenvalue weighted by Crippen LogP contribution is 2.24. The zero-order chi connectivity index (χ0) is 26.9. The van der Waals surface area contributed by atoms with Crippen LogP contribution in [0, 0.1) is 11.8 Å². The molecule has 37 heavy (non-hydrogen) atoms. The van der Waals surface area contributed by atoms with Gasteiger partial charge in [0.1, 0.15) is 24.7 Å². The Hall–Kier alpha value is -3.14. The third-order valence-corrected chi connectivity index (χ3v) is 5.92. The number of unbranched alkanes of at least 4 members (excludes halogenated alkanes) is 6. The smallest absolute Gasteiger partial charge is 0.389 e. The molecule has 0 aromatic heterocycles. The number of aliphatic carboxylic acids is 1. The Labute approximate surface area is 218 Å². The number of ether oxygens (including phenoxy) is 2. The Morgan fingerprint density at radius 3 is 2.14 bits per heavy atom. The molecule has 1 atom stereocenters. The van der Waals surface area contributed by atoms with Gasteiger partial charge >= 0.3 is 12.1 Å². The number of carbonyl (C=O) groups is 1. The van der Waals surface area contributed by atoms with Gasteiger partial charge in [-0.15, -0.1) is 5.92 Å². The molecule has 4 nitrogen and oxygen atoms in total. The standard InChI is InChI=1S/C30H37F3O4/c1-2-11-26(23-29(34)35)25-15-17-27(18-16-25)36-20-21-37-28-14-10-13-24(22-28)12-8-6-4-3-5-7-9-19-30(31,32)33/h10,13-18,22,26H,3-9,12,19-21,23H2,1H3,(H,34,35). The van der Waals surface area contributed by atoms with E-state index < -0.39 is 18.6 Å². The second-order valence-corrected chi connectivity index (χ2v) is 9.05. The van der Waals surface area contributed by atoms with E-state index in [1.807, 2.05) is 42.5 Å². The van der Waals surface area contributed by atoms with E-state index >= 15 is 0 Å². The molecule has 2 aromatic carbocycles. The summed E-state index contributed by atoms with van der Waals surface area (Å²) in [6.45, 7) is 2.46. The van der Waals surface area contributed by atoms with E-state index in [1.165, 1.54) is 5.56 Å². The van der Waals surface area contributed by atoms with Gasteiger partial charge in [-0.05, 0) is 61.6 Å². The van der Waals surface area contributed by atoms with Crippen molar-refractivity contribution in [2.24, 2.45) is 0 Å². The number of halogens is 3. The normalized spacial score (nSPS) is 11.9. The number of alkyl halides is 3. The minimum Gasteiger partial charge on any atom is -0.490 e. The Morgan fingerprint density at radius 2 is 1.51 bits per heavy atom. The van der Waals surface area contributed by atoms with Gasteiger partial charge in [0.15, 0.2) is 0 Å². The van der Waals surface area contributed by atoms with Crippen LogP contribution in [0.4, 0.5) is 13.2 Å². The molecular weight excluding hydrogens is 481 g/mol. The highest BCUT2D eigenvalue weighted by molar-refractivity contribution is 5.69. The lowest BCUT2D eigenvalue weighted by Crippen LogP contribution is -2.09. The van der Waals surface area contributed by atoms with Crippen LogP contribution in [0.25, 0.3) is 0 Å². The van der Waals surface area contributed by atoms with Crippen LogP contribution in [-0.4, -0.2) is 30.5 Å². The SMILES string of the molecule is CC#CC(CC(=O)O)c1ccc(OCCOc2cccc(CCCCCCCCCC(F)(F)F)c2)cc1. The summed E-state index contributed by atoms with van der Waals surface area (Å²) in [7, 11) is 0. The van der Waals surface area contributed by atoms with E-state index in [2.05, 4.69) is 17.9 Å². The first-order valence-electron chi connectivity index (χ1n) is 12.9. The van der Waals surface area contributed by atoms with E-state index in [4.69, 9.17) is 14.6 Å².